The topological polar surface area (TPSA) is 104 Å². The molecule has 2 aliphatic rings. The summed E-state index contributed by atoms with van der Waals surface area (Å²) < 4.78 is 0. The van der Waals surface area contributed by atoms with Crippen LogP contribution in [0.1, 0.15) is 50.6 Å². The normalized spacial score (nSPS) is 22.1. The Morgan fingerprint density at radius 2 is 2.11 bits per heavy atom. The fraction of sp³-hybridized carbons (Fsp3) is 0.524. The molecule has 2 aromatic rings. The lowest BCUT2D eigenvalue weighted by Crippen LogP contribution is -2.17. The van der Waals surface area contributed by atoms with Crippen LogP contribution >= 0.6 is 0 Å². The number of nitriles is 1. The molecule has 4 rings (SSSR count). The predicted molar refractivity (Wildman–Crippen MR) is 107 cm³/mol. The van der Waals surface area contributed by atoms with E-state index in [4.69, 9.17) is 5.73 Å². The molecule has 3 heterocycles. The Bertz CT molecular complexity index is 897. The number of allylic oxidation sites excluding steroid dienone is 1. The smallest absolute Gasteiger partial charge is 0.141 e. The summed E-state index contributed by atoms with van der Waals surface area (Å²) in [6.07, 6.45) is 13.5. The molecule has 0 amide bonds. The number of hydrogen-bond donors (Lipinski definition) is 2. The number of aromatic nitrogens is 3. The van der Waals surface area contributed by atoms with Crippen LogP contribution in [0.5, 0.6) is 0 Å². The van der Waals surface area contributed by atoms with Gasteiger partial charge in [0, 0.05) is 30.1 Å². The van der Waals surface area contributed by atoms with Gasteiger partial charge in [0.15, 0.2) is 0 Å². The molecule has 2 aromatic heterocycles. The van der Waals surface area contributed by atoms with Crippen LogP contribution in [0.25, 0.3) is 16.6 Å². The summed E-state index contributed by atoms with van der Waals surface area (Å²) in [6, 6.07) is 4.41. The van der Waals surface area contributed by atoms with Gasteiger partial charge in [-0.2, -0.15) is 5.26 Å². The first-order valence-electron chi connectivity index (χ1n) is 9.93. The van der Waals surface area contributed by atoms with Crippen LogP contribution in [0.4, 0.5) is 0 Å². The molecule has 0 aromatic carbocycles. The number of hydrogen-bond acceptors (Lipinski definition) is 5. The first-order valence-corrected chi connectivity index (χ1v) is 9.93. The third kappa shape index (κ3) is 3.73. The molecule has 6 nitrogen and oxygen atoms in total. The molecule has 1 aliphatic heterocycles. The standard InChI is InChI=1S/C21H26N6/c22-8-5-16(15-3-1-2-4-15)11-14-6-9-24-20(23)18(12-14)19-17-7-10-25-21(17)27-13-26-19/h7,10,12-16H,1-6,9,11H2,(H2,23,24)(H,25,26,27)/t14?,16-/m0/s1. The van der Waals surface area contributed by atoms with Gasteiger partial charge in [-0.3, -0.25) is 4.99 Å². The molecule has 3 N–H and O–H groups in total. The van der Waals surface area contributed by atoms with Crippen molar-refractivity contribution in [2.75, 3.05) is 6.54 Å². The summed E-state index contributed by atoms with van der Waals surface area (Å²) in [6.45, 7) is 0.724. The third-order valence-corrected chi connectivity index (χ3v) is 6.09. The second-order valence-electron chi connectivity index (χ2n) is 7.76. The van der Waals surface area contributed by atoms with Crippen LogP contribution in [-0.4, -0.2) is 27.3 Å². The minimum atomic E-state index is 0.368. The summed E-state index contributed by atoms with van der Waals surface area (Å²) >= 11 is 0. The Hall–Kier alpha value is -2.68. The number of rotatable bonds is 5. The van der Waals surface area contributed by atoms with Crippen molar-refractivity contribution in [2.45, 2.75) is 44.9 Å². The van der Waals surface area contributed by atoms with Crippen molar-refractivity contribution in [3.8, 4) is 6.07 Å². The Balaban J connectivity index is 1.64. The fourth-order valence-electron chi connectivity index (χ4n) is 4.69. The molecule has 2 atom stereocenters. The summed E-state index contributed by atoms with van der Waals surface area (Å²) in [5.74, 6) is 2.08. The summed E-state index contributed by atoms with van der Waals surface area (Å²) in [5, 5.41) is 10.3. The lowest BCUT2D eigenvalue weighted by Gasteiger charge is -2.24. The quantitative estimate of drug-likeness (QED) is 0.843. The van der Waals surface area contributed by atoms with Gasteiger partial charge in [0.25, 0.3) is 0 Å². The highest BCUT2D eigenvalue weighted by Crippen LogP contribution is 2.38. The Morgan fingerprint density at radius 1 is 1.26 bits per heavy atom. The number of fused-ring (bicyclic) bond motifs is 1. The maximum Gasteiger partial charge on any atom is 0.141 e. The van der Waals surface area contributed by atoms with Gasteiger partial charge in [0.2, 0.25) is 0 Å². The van der Waals surface area contributed by atoms with Crippen LogP contribution in [0.15, 0.2) is 29.7 Å². The van der Waals surface area contributed by atoms with Crippen LogP contribution in [0.2, 0.25) is 0 Å². The monoisotopic (exact) mass is 362 g/mol. The van der Waals surface area contributed by atoms with Gasteiger partial charge in [-0.05, 0) is 36.7 Å². The lowest BCUT2D eigenvalue weighted by molar-refractivity contribution is 0.289. The summed E-state index contributed by atoms with van der Waals surface area (Å²) in [5.41, 5.74) is 8.86. The first kappa shape index (κ1) is 17.7. The van der Waals surface area contributed by atoms with Gasteiger partial charge >= 0.3 is 0 Å². The number of nitrogens with one attached hydrogen (secondary N) is 1. The third-order valence-electron chi connectivity index (χ3n) is 6.09. The van der Waals surface area contributed by atoms with Crippen molar-refractivity contribution >= 4 is 22.4 Å². The maximum atomic E-state index is 9.32. The number of nitrogens with two attached hydrogens (primary N) is 1. The molecule has 1 unspecified atom stereocenters. The molecule has 0 spiro atoms. The highest BCUT2D eigenvalue weighted by molar-refractivity contribution is 6.24. The number of H-pyrrole nitrogens is 1. The molecule has 0 bridgehead atoms. The van der Waals surface area contributed by atoms with Crippen LogP contribution in [0.3, 0.4) is 0 Å². The number of amidine groups is 1. The zero-order valence-corrected chi connectivity index (χ0v) is 15.6. The van der Waals surface area contributed by atoms with E-state index in [2.05, 4.69) is 32.1 Å². The van der Waals surface area contributed by atoms with Gasteiger partial charge in [-0.15, -0.1) is 0 Å². The second kappa shape index (κ2) is 7.91. The Morgan fingerprint density at radius 3 is 2.93 bits per heavy atom. The number of aliphatic imine (C=N–C) groups is 1. The minimum absolute atomic E-state index is 0.368. The van der Waals surface area contributed by atoms with E-state index in [1.807, 2.05) is 12.3 Å². The molecule has 140 valence electrons. The molecule has 1 saturated carbocycles. The molecular formula is C21H26N6. The van der Waals surface area contributed by atoms with Crippen LogP contribution in [0, 0.1) is 29.1 Å². The SMILES string of the molecule is N#CC[C@@H](CC1C=C(c2ncnc3[nH]ccc23)C(N)=NCC1)C1CCCC1. The Kier molecular flexibility index (Phi) is 5.19. The van der Waals surface area contributed by atoms with Crippen molar-refractivity contribution in [1.82, 2.24) is 15.0 Å². The van der Waals surface area contributed by atoms with E-state index in [-0.39, 0.29) is 0 Å². The van der Waals surface area contributed by atoms with E-state index in [1.54, 1.807) is 6.33 Å². The predicted octanol–water partition coefficient (Wildman–Crippen LogP) is 3.83. The van der Waals surface area contributed by atoms with Crippen LogP contribution in [-0.2, 0) is 0 Å². The average Bonchev–Trinajstić information content (AvgIpc) is 3.33. The fourth-order valence-corrected chi connectivity index (χ4v) is 4.69. The zero-order valence-electron chi connectivity index (χ0n) is 15.6. The van der Waals surface area contributed by atoms with E-state index < -0.39 is 0 Å². The minimum Gasteiger partial charge on any atom is -0.383 e. The first-order chi connectivity index (χ1) is 13.3. The van der Waals surface area contributed by atoms with Gasteiger partial charge in [-0.1, -0.05) is 31.8 Å². The lowest BCUT2D eigenvalue weighted by atomic mass is 9.80. The number of aromatic amines is 1. The van der Waals surface area contributed by atoms with Gasteiger partial charge < -0.3 is 10.7 Å². The second-order valence-corrected chi connectivity index (χ2v) is 7.76. The maximum absolute atomic E-state index is 9.32. The Labute approximate surface area is 159 Å². The van der Waals surface area contributed by atoms with E-state index in [1.165, 1.54) is 25.7 Å². The van der Waals surface area contributed by atoms with Crippen molar-refractivity contribution in [1.29, 1.82) is 5.26 Å². The molecular weight excluding hydrogens is 336 g/mol. The summed E-state index contributed by atoms with van der Waals surface area (Å²) in [7, 11) is 0. The van der Waals surface area contributed by atoms with Crippen LogP contribution < -0.4 is 5.73 Å². The van der Waals surface area contributed by atoms with Gasteiger partial charge in [0.1, 0.15) is 17.8 Å². The van der Waals surface area contributed by atoms with E-state index in [0.717, 1.165) is 41.7 Å². The van der Waals surface area contributed by atoms with Crippen molar-refractivity contribution < 1.29 is 0 Å². The molecule has 0 saturated heterocycles. The van der Waals surface area contributed by atoms with E-state index >= 15 is 0 Å². The average molecular weight is 362 g/mol. The molecule has 1 fully saturated rings. The zero-order chi connectivity index (χ0) is 18.6. The summed E-state index contributed by atoms with van der Waals surface area (Å²) in [4.78, 5) is 16.5. The molecule has 27 heavy (non-hydrogen) atoms. The van der Waals surface area contributed by atoms with Crippen molar-refractivity contribution in [3.63, 3.8) is 0 Å². The largest absolute Gasteiger partial charge is 0.383 e. The van der Waals surface area contributed by atoms with Crippen molar-refractivity contribution in [3.05, 3.63) is 30.4 Å². The molecule has 1 aliphatic carbocycles. The van der Waals surface area contributed by atoms with E-state index in [0.29, 0.717) is 30.0 Å². The molecule has 6 heteroatoms. The number of nitrogens with zero attached hydrogens (tertiary/aromatic N) is 4. The highest BCUT2D eigenvalue weighted by atomic mass is 14.9. The van der Waals surface area contributed by atoms with Crippen molar-refractivity contribution in [2.24, 2.45) is 28.5 Å². The molecule has 0 radical (unpaired) electrons. The van der Waals surface area contributed by atoms with E-state index in [9.17, 15) is 5.26 Å². The highest BCUT2D eigenvalue weighted by Gasteiger charge is 2.28. The van der Waals surface area contributed by atoms with Gasteiger partial charge in [0.05, 0.1) is 11.8 Å². The van der Waals surface area contributed by atoms with Gasteiger partial charge in [-0.25, -0.2) is 9.97 Å².